The van der Waals surface area contributed by atoms with Crippen molar-refractivity contribution in [1.29, 1.82) is 0 Å². The maximum atomic E-state index is 12.4. The quantitative estimate of drug-likeness (QED) is 0.831. The van der Waals surface area contributed by atoms with Gasteiger partial charge >= 0.3 is 0 Å². The minimum atomic E-state index is -0.137. The van der Waals surface area contributed by atoms with Gasteiger partial charge in [0.25, 0.3) is 5.91 Å². The molecular formula is C17H22N2O4S. The standard InChI is InChI=1S/C17H22N2O4S/c1-6-15-19-10(2)16(24-15)17(20)18-9-11-7-13(22-4)14(23-5)8-12(11)21-3/h7-8H,6,9H2,1-5H3,(H,18,20). The van der Waals surface area contributed by atoms with Crippen LogP contribution in [0, 0.1) is 6.92 Å². The molecule has 1 heterocycles. The van der Waals surface area contributed by atoms with E-state index in [-0.39, 0.29) is 5.91 Å². The Morgan fingerprint density at radius 1 is 1.12 bits per heavy atom. The van der Waals surface area contributed by atoms with Crippen LogP contribution in [0.4, 0.5) is 0 Å². The number of amides is 1. The van der Waals surface area contributed by atoms with E-state index in [0.29, 0.717) is 28.7 Å². The van der Waals surface area contributed by atoms with Gasteiger partial charge in [-0.2, -0.15) is 0 Å². The van der Waals surface area contributed by atoms with Crippen LogP contribution in [0.5, 0.6) is 17.2 Å². The van der Waals surface area contributed by atoms with Gasteiger partial charge in [-0.3, -0.25) is 4.79 Å². The summed E-state index contributed by atoms with van der Waals surface area (Å²) in [4.78, 5) is 17.4. The van der Waals surface area contributed by atoms with Gasteiger partial charge in [-0.25, -0.2) is 4.98 Å². The van der Waals surface area contributed by atoms with Gasteiger partial charge in [-0.15, -0.1) is 11.3 Å². The third-order valence-electron chi connectivity index (χ3n) is 3.58. The second kappa shape index (κ2) is 8.01. The van der Waals surface area contributed by atoms with Crippen LogP contribution in [0.2, 0.25) is 0 Å². The highest BCUT2D eigenvalue weighted by atomic mass is 32.1. The summed E-state index contributed by atoms with van der Waals surface area (Å²) in [5.41, 5.74) is 1.56. The number of nitrogens with zero attached hydrogens (tertiary/aromatic N) is 1. The van der Waals surface area contributed by atoms with E-state index in [1.54, 1.807) is 33.5 Å². The molecular weight excluding hydrogens is 328 g/mol. The van der Waals surface area contributed by atoms with Crippen molar-refractivity contribution in [2.75, 3.05) is 21.3 Å². The van der Waals surface area contributed by atoms with Gasteiger partial charge in [-0.1, -0.05) is 6.92 Å². The molecule has 0 radical (unpaired) electrons. The van der Waals surface area contributed by atoms with Crippen LogP contribution in [0.1, 0.15) is 32.9 Å². The Kier molecular flexibility index (Phi) is 6.03. The molecule has 0 saturated heterocycles. The van der Waals surface area contributed by atoms with Crippen molar-refractivity contribution >= 4 is 17.2 Å². The van der Waals surface area contributed by atoms with E-state index in [1.807, 2.05) is 13.8 Å². The third kappa shape index (κ3) is 3.79. The van der Waals surface area contributed by atoms with Crippen LogP contribution in [0.3, 0.4) is 0 Å². The smallest absolute Gasteiger partial charge is 0.263 e. The first-order chi connectivity index (χ1) is 11.5. The number of thiazole rings is 1. The maximum absolute atomic E-state index is 12.4. The molecule has 6 nitrogen and oxygen atoms in total. The number of nitrogens with one attached hydrogen (secondary N) is 1. The lowest BCUT2D eigenvalue weighted by atomic mass is 10.1. The molecule has 1 amide bonds. The van der Waals surface area contributed by atoms with Crippen molar-refractivity contribution in [3.8, 4) is 17.2 Å². The Labute approximate surface area is 145 Å². The zero-order chi connectivity index (χ0) is 17.7. The largest absolute Gasteiger partial charge is 0.496 e. The first-order valence-electron chi connectivity index (χ1n) is 7.57. The average Bonchev–Trinajstić information content (AvgIpc) is 2.99. The summed E-state index contributed by atoms with van der Waals surface area (Å²) in [6, 6.07) is 3.54. The molecule has 0 bridgehead atoms. The first kappa shape index (κ1) is 18.1. The molecule has 2 rings (SSSR count). The van der Waals surface area contributed by atoms with Crippen molar-refractivity contribution in [1.82, 2.24) is 10.3 Å². The number of aryl methyl sites for hydroxylation is 2. The molecule has 0 unspecified atom stereocenters. The van der Waals surface area contributed by atoms with E-state index in [1.165, 1.54) is 11.3 Å². The van der Waals surface area contributed by atoms with Crippen molar-refractivity contribution in [3.05, 3.63) is 33.3 Å². The van der Waals surface area contributed by atoms with Crippen LogP contribution in [0.15, 0.2) is 12.1 Å². The predicted octanol–water partition coefficient (Wildman–Crippen LogP) is 2.97. The molecule has 1 N–H and O–H groups in total. The van der Waals surface area contributed by atoms with Gasteiger partial charge in [-0.05, 0) is 19.4 Å². The zero-order valence-corrected chi connectivity index (χ0v) is 15.4. The zero-order valence-electron chi connectivity index (χ0n) is 14.6. The Morgan fingerprint density at radius 3 is 2.29 bits per heavy atom. The molecule has 7 heteroatoms. The Bertz CT molecular complexity index is 728. The number of hydrogen-bond acceptors (Lipinski definition) is 6. The molecule has 0 atom stereocenters. The minimum absolute atomic E-state index is 0.137. The number of hydrogen-bond donors (Lipinski definition) is 1. The molecule has 0 saturated carbocycles. The van der Waals surface area contributed by atoms with Gasteiger partial charge in [0.1, 0.15) is 10.6 Å². The first-order valence-corrected chi connectivity index (χ1v) is 8.39. The average molecular weight is 350 g/mol. The molecule has 0 fully saturated rings. The lowest BCUT2D eigenvalue weighted by Gasteiger charge is -2.14. The summed E-state index contributed by atoms with van der Waals surface area (Å²) in [7, 11) is 4.71. The fraction of sp³-hybridized carbons (Fsp3) is 0.412. The van der Waals surface area contributed by atoms with Gasteiger partial charge < -0.3 is 19.5 Å². The highest BCUT2D eigenvalue weighted by molar-refractivity contribution is 7.13. The summed E-state index contributed by atoms with van der Waals surface area (Å²) in [6.07, 6.45) is 0.822. The second-order valence-electron chi connectivity index (χ2n) is 5.08. The number of aromatic nitrogens is 1. The number of carbonyl (C=O) groups excluding carboxylic acids is 1. The van der Waals surface area contributed by atoms with Crippen molar-refractivity contribution in [2.24, 2.45) is 0 Å². The van der Waals surface area contributed by atoms with Crippen LogP contribution in [-0.2, 0) is 13.0 Å². The van der Waals surface area contributed by atoms with Gasteiger partial charge in [0, 0.05) is 18.2 Å². The van der Waals surface area contributed by atoms with E-state index in [0.717, 1.165) is 22.7 Å². The van der Waals surface area contributed by atoms with Gasteiger partial charge in [0.15, 0.2) is 11.5 Å². The fourth-order valence-electron chi connectivity index (χ4n) is 2.30. The third-order valence-corrected chi connectivity index (χ3v) is 4.88. The van der Waals surface area contributed by atoms with Crippen molar-refractivity contribution < 1.29 is 19.0 Å². The number of methoxy groups -OCH3 is 3. The number of carbonyl (C=O) groups is 1. The molecule has 1 aromatic carbocycles. The van der Waals surface area contributed by atoms with Gasteiger partial charge in [0.05, 0.1) is 32.0 Å². The molecule has 1 aromatic heterocycles. The highest BCUT2D eigenvalue weighted by Crippen LogP contribution is 2.34. The number of benzene rings is 1. The Hall–Kier alpha value is -2.28. The molecule has 130 valence electrons. The highest BCUT2D eigenvalue weighted by Gasteiger charge is 2.16. The van der Waals surface area contributed by atoms with Crippen LogP contribution in [-0.4, -0.2) is 32.2 Å². The van der Waals surface area contributed by atoms with E-state index >= 15 is 0 Å². The molecule has 0 spiro atoms. The van der Waals surface area contributed by atoms with E-state index in [9.17, 15) is 4.79 Å². The minimum Gasteiger partial charge on any atom is -0.496 e. The molecule has 0 aliphatic carbocycles. The SMILES string of the molecule is CCc1nc(C)c(C(=O)NCc2cc(OC)c(OC)cc2OC)s1. The second-order valence-corrected chi connectivity index (χ2v) is 6.16. The predicted molar refractivity (Wildman–Crippen MR) is 93.5 cm³/mol. The lowest BCUT2D eigenvalue weighted by molar-refractivity contribution is 0.0954. The normalized spacial score (nSPS) is 10.4. The van der Waals surface area contributed by atoms with Crippen LogP contribution in [0.25, 0.3) is 0 Å². The molecule has 0 aliphatic rings. The van der Waals surface area contributed by atoms with E-state index < -0.39 is 0 Å². The van der Waals surface area contributed by atoms with Crippen molar-refractivity contribution in [2.45, 2.75) is 26.8 Å². The summed E-state index contributed by atoms with van der Waals surface area (Å²) >= 11 is 1.43. The molecule has 24 heavy (non-hydrogen) atoms. The number of ether oxygens (including phenoxy) is 3. The monoisotopic (exact) mass is 350 g/mol. The van der Waals surface area contributed by atoms with Gasteiger partial charge in [0.2, 0.25) is 0 Å². The Morgan fingerprint density at radius 2 is 1.75 bits per heavy atom. The van der Waals surface area contributed by atoms with E-state index in [2.05, 4.69) is 10.3 Å². The summed E-state index contributed by atoms with van der Waals surface area (Å²) < 4.78 is 15.9. The lowest BCUT2D eigenvalue weighted by Crippen LogP contribution is -2.23. The summed E-state index contributed by atoms with van der Waals surface area (Å²) in [5.74, 6) is 1.66. The fourth-order valence-corrected chi connectivity index (χ4v) is 3.22. The van der Waals surface area contributed by atoms with Crippen LogP contribution >= 0.6 is 11.3 Å². The van der Waals surface area contributed by atoms with Crippen molar-refractivity contribution in [3.63, 3.8) is 0 Å². The summed E-state index contributed by atoms with van der Waals surface area (Å²) in [5, 5.41) is 3.87. The summed E-state index contributed by atoms with van der Waals surface area (Å²) in [6.45, 7) is 4.19. The topological polar surface area (TPSA) is 69.7 Å². The van der Waals surface area contributed by atoms with Crippen LogP contribution < -0.4 is 19.5 Å². The molecule has 2 aromatic rings. The molecule has 0 aliphatic heterocycles. The number of rotatable bonds is 7. The Balaban J connectivity index is 2.18. The van der Waals surface area contributed by atoms with E-state index in [4.69, 9.17) is 14.2 Å². The maximum Gasteiger partial charge on any atom is 0.263 e.